The van der Waals surface area contributed by atoms with E-state index in [0.29, 0.717) is 0 Å². The first-order valence-electron chi connectivity index (χ1n) is 8.52. The number of nitrogens with zero attached hydrogens (tertiary/aromatic N) is 2. The summed E-state index contributed by atoms with van der Waals surface area (Å²) in [6.45, 7) is 14.2. The van der Waals surface area contributed by atoms with Crippen molar-refractivity contribution in [3.63, 3.8) is 0 Å². The minimum atomic E-state index is 0. The molecule has 0 saturated heterocycles. The average Bonchev–Trinajstić information content (AvgIpc) is 2.90. The summed E-state index contributed by atoms with van der Waals surface area (Å²) in [5.74, 6) is 0. The molecule has 2 heteroatoms. The fourth-order valence-corrected chi connectivity index (χ4v) is 2.49. The van der Waals surface area contributed by atoms with Gasteiger partial charge in [0.05, 0.1) is 0 Å². The third-order valence-corrected chi connectivity index (χ3v) is 3.48. The van der Waals surface area contributed by atoms with Gasteiger partial charge in [0.1, 0.15) is 12.6 Å². The van der Waals surface area contributed by atoms with Gasteiger partial charge < -0.3 is 12.0 Å². The Morgan fingerprint density at radius 3 is 1.91 bits per heavy atom. The predicted octanol–water partition coefficient (Wildman–Crippen LogP) is 5.99. The number of hydrogen-bond donors (Lipinski definition) is 0. The van der Waals surface area contributed by atoms with Gasteiger partial charge in [-0.1, -0.05) is 59.7 Å². The lowest BCUT2D eigenvalue weighted by molar-refractivity contribution is -0.676. The van der Waals surface area contributed by atoms with Crippen LogP contribution in [0.1, 0.15) is 47.2 Å². The normalized spacial score (nSPS) is 8.74. The second kappa shape index (κ2) is 11.7. The van der Waals surface area contributed by atoms with E-state index in [4.69, 9.17) is 0 Å². The zero-order valence-electron chi connectivity index (χ0n) is 16.9. The first-order valence-corrected chi connectivity index (χ1v) is 8.52. The standard InChI is InChI=1S/C14H15N2.3C2H6.CH3/c1-10-14-12(8-9-15(10)2)11-6-4-5-7-13(11)16(14)3;3*1-2;/h4-9H,1-3H3;3*1-2H3;1H3/q+1;;;;-1. The van der Waals surface area contributed by atoms with Gasteiger partial charge in [0.15, 0.2) is 6.20 Å². The van der Waals surface area contributed by atoms with Crippen molar-refractivity contribution in [2.45, 2.75) is 48.5 Å². The Morgan fingerprint density at radius 1 is 0.826 bits per heavy atom. The maximum atomic E-state index is 2.28. The van der Waals surface area contributed by atoms with Crippen LogP contribution in [0, 0.1) is 14.4 Å². The van der Waals surface area contributed by atoms with Gasteiger partial charge in [-0.05, 0) is 6.07 Å². The molecule has 0 amide bonds. The Hall–Kier alpha value is -1.83. The molecule has 0 aliphatic carbocycles. The third-order valence-electron chi connectivity index (χ3n) is 3.48. The Kier molecular flexibility index (Phi) is 11.9. The molecular weight excluding hydrogens is 280 g/mol. The first kappa shape index (κ1) is 23.4. The van der Waals surface area contributed by atoms with E-state index >= 15 is 0 Å². The Bertz CT molecular complexity index is 694. The molecule has 2 aromatic heterocycles. The number of aryl methyl sites for hydroxylation is 3. The van der Waals surface area contributed by atoms with Crippen molar-refractivity contribution >= 4 is 21.8 Å². The molecule has 0 fully saturated rings. The van der Waals surface area contributed by atoms with Crippen LogP contribution >= 0.6 is 0 Å². The highest BCUT2D eigenvalue weighted by molar-refractivity contribution is 6.08. The Morgan fingerprint density at radius 2 is 1.35 bits per heavy atom. The molecule has 0 N–H and O–H groups in total. The maximum Gasteiger partial charge on any atom is 0.202 e. The number of rotatable bonds is 0. The first-order chi connectivity index (χ1) is 10.7. The van der Waals surface area contributed by atoms with Crippen LogP contribution in [0.5, 0.6) is 0 Å². The molecule has 1 aromatic carbocycles. The molecule has 3 rings (SSSR count). The summed E-state index contributed by atoms with van der Waals surface area (Å²) in [4.78, 5) is 0. The topological polar surface area (TPSA) is 8.81 Å². The van der Waals surface area contributed by atoms with Crippen molar-refractivity contribution in [2.24, 2.45) is 14.1 Å². The summed E-state index contributed by atoms with van der Waals surface area (Å²) >= 11 is 0. The summed E-state index contributed by atoms with van der Waals surface area (Å²) in [7, 11) is 4.23. The van der Waals surface area contributed by atoms with Crippen LogP contribution in [0.3, 0.4) is 0 Å². The zero-order valence-corrected chi connectivity index (χ0v) is 16.9. The van der Waals surface area contributed by atoms with Crippen LogP contribution in [0.25, 0.3) is 21.8 Å². The lowest BCUT2D eigenvalue weighted by Gasteiger charge is -1.99. The van der Waals surface area contributed by atoms with Crippen LogP contribution in [0.2, 0.25) is 0 Å². The molecule has 2 nitrogen and oxygen atoms in total. The summed E-state index contributed by atoms with van der Waals surface area (Å²) in [6.07, 6.45) is 2.13. The van der Waals surface area contributed by atoms with Crippen molar-refractivity contribution in [3.05, 3.63) is 49.6 Å². The van der Waals surface area contributed by atoms with Crippen molar-refractivity contribution < 1.29 is 4.57 Å². The van der Waals surface area contributed by atoms with E-state index in [1.54, 1.807) is 0 Å². The highest BCUT2D eigenvalue weighted by Gasteiger charge is 2.14. The van der Waals surface area contributed by atoms with Crippen LogP contribution in [-0.2, 0) is 14.1 Å². The molecule has 130 valence electrons. The summed E-state index contributed by atoms with van der Waals surface area (Å²) < 4.78 is 4.45. The minimum absolute atomic E-state index is 0. The van der Waals surface area contributed by atoms with E-state index in [0.717, 1.165) is 0 Å². The van der Waals surface area contributed by atoms with E-state index in [9.17, 15) is 0 Å². The number of aromatic nitrogens is 2. The van der Waals surface area contributed by atoms with Gasteiger partial charge in [-0.15, -0.1) is 0 Å². The second-order valence-corrected chi connectivity index (χ2v) is 4.35. The summed E-state index contributed by atoms with van der Waals surface area (Å²) in [5.41, 5.74) is 3.93. The van der Waals surface area contributed by atoms with Crippen LogP contribution in [0.4, 0.5) is 0 Å². The van der Waals surface area contributed by atoms with Gasteiger partial charge in [-0.25, -0.2) is 4.57 Å². The van der Waals surface area contributed by atoms with E-state index in [1.807, 2.05) is 41.5 Å². The molecule has 0 bridgehead atoms. The molecule has 3 aromatic rings. The second-order valence-electron chi connectivity index (χ2n) is 4.35. The van der Waals surface area contributed by atoms with Gasteiger partial charge in [0, 0.05) is 36.3 Å². The molecule has 23 heavy (non-hydrogen) atoms. The smallest absolute Gasteiger partial charge is 0.202 e. The number of pyridine rings is 1. The number of fused-ring (bicyclic) bond motifs is 3. The molecule has 0 saturated carbocycles. The molecule has 0 aliphatic rings. The van der Waals surface area contributed by atoms with E-state index in [1.165, 1.54) is 27.5 Å². The van der Waals surface area contributed by atoms with Crippen molar-refractivity contribution in [1.82, 2.24) is 4.57 Å². The van der Waals surface area contributed by atoms with Gasteiger partial charge in [-0.2, -0.15) is 0 Å². The van der Waals surface area contributed by atoms with Crippen molar-refractivity contribution in [2.75, 3.05) is 0 Å². The van der Waals surface area contributed by atoms with Gasteiger partial charge in [0.25, 0.3) is 0 Å². The molecule has 0 aliphatic heterocycles. The fourth-order valence-electron chi connectivity index (χ4n) is 2.49. The molecule has 0 spiro atoms. The lowest BCUT2D eigenvalue weighted by atomic mass is 10.2. The van der Waals surface area contributed by atoms with Gasteiger partial charge in [-0.3, -0.25) is 0 Å². The zero-order chi connectivity index (χ0) is 17.3. The summed E-state index contributed by atoms with van der Waals surface area (Å²) in [5, 5.41) is 2.68. The number of benzene rings is 1. The van der Waals surface area contributed by atoms with E-state index in [-0.39, 0.29) is 7.43 Å². The Labute approximate surface area is 143 Å². The van der Waals surface area contributed by atoms with Crippen molar-refractivity contribution in [1.29, 1.82) is 0 Å². The third kappa shape index (κ3) is 4.57. The molecule has 0 unspecified atom stereocenters. The van der Waals surface area contributed by atoms with E-state index < -0.39 is 0 Å². The highest BCUT2D eigenvalue weighted by Crippen LogP contribution is 2.28. The largest absolute Gasteiger partial charge is 0.358 e. The van der Waals surface area contributed by atoms with Crippen molar-refractivity contribution in [3.8, 4) is 0 Å². The molecule has 0 radical (unpaired) electrons. The SMILES string of the molecule is CC.CC.CC.Cc1c2c(cc[n+]1C)c1ccccc1n2C.[CH3-]. The number of hydrogen-bond acceptors (Lipinski definition) is 0. The minimum Gasteiger partial charge on any atom is -0.358 e. The van der Waals surface area contributed by atoms with Crippen LogP contribution < -0.4 is 4.57 Å². The highest BCUT2D eigenvalue weighted by atomic mass is 15.0. The quantitative estimate of drug-likeness (QED) is 0.355. The van der Waals surface area contributed by atoms with Crippen LogP contribution in [0.15, 0.2) is 36.5 Å². The maximum absolute atomic E-state index is 2.28. The molecule has 0 atom stereocenters. The van der Waals surface area contributed by atoms with Crippen LogP contribution in [-0.4, -0.2) is 4.57 Å². The summed E-state index contributed by atoms with van der Waals surface area (Å²) in [6, 6.07) is 10.8. The average molecular weight is 317 g/mol. The van der Waals surface area contributed by atoms with Gasteiger partial charge >= 0.3 is 0 Å². The van der Waals surface area contributed by atoms with E-state index in [2.05, 4.69) is 66.7 Å². The Balaban J connectivity index is 0. The van der Waals surface area contributed by atoms with Gasteiger partial charge in [0.2, 0.25) is 5.69 Å². The molecule has 2 heterocycles. The predicted molar refractivity (Wildman–Crippen MR) is 107 cm³/mol. The lowest BCUT2D eigenvalue weighted by Crippen LogP contribution is -2.31. The number of para-hydroxylation sites is 1. The molecular formula is C21H36N2. The monoisotopic (exact) mass is 316 g/mol. The fraction of sp³-hybridized carbons (Fsp3) is 0.429.